The van der Waals surface area contributed by atoms with E-state index in [0.29, 0.717) is 0 Å². The number of para-hydroxylation sites is 1. The Morgan fingerprint density at radius 3 is 2.33 bits per heavy atom. The molecule has 112 valence electrons. The second-order valence-electron chi connectivity index (χ2n) is 4.12. The third-order valence-corrected chi connectivity index (χ3v) is 3.40. The number of ether oxygens (including phenoxy) is 1. The molecule has 0 aliphatic carbocycles. The van der Waals surface area contributed by atoms with E-state index in [1.54, 1.807) is 0 Å². The third kappa shape index (κ3) is 3.74. The predicted molar refractivity (Wildman–Crippen MR) is 71.3 cm³/mol. The lowest BCUT2D eigenvalue weighted by molar-refractivity contribution is -0.275. The highest BCUT2D eigenvalue weighted by Crippen LogP contribution is 2.36. The Morgan fingerprint density at radius 1 is 1.05 bits per heavy atom. The fourth-order valence-electron chi connectivity index (χ4n) is 1.85. The molecular formula is C14H9BrF4O2. The Kier molecular flexibility index (Phi) is 4.53. The molecule has 0 bridgehead atoms. The SMILES string of the molecule is OC(c1ccccc1OC(F)(F)F)c1c(F)cccc1Br. The van der Waals surface area contributed by atoms with Gasteiger partial charge in [-0.15, -0.1) is 13.2 Å². The average molecular weight is 365 g/mol. The predicted octanol–water partition coefficient (Wildman–Crippen LogP) is 4.57. The van der Waals surface area contributed by atoms with Crippen molar-refractivity contribution in [2.75, 3.05) is 0 Å². The lowest BCUT2D eigenvalue weighted by atomic mass is 10.0. The number of alkyl halides is 3. The van der Waals surface area contributed by atoms with E-state index in [1.807, 2.05) is 0 Å². The highest BCUT2D eigenvalue weighted by Gasteiger charge is 2.33. The second-order valence-corrected chi connectivity index (χ2v) is 4.98. The zero-order chi connectivity index (χ0) is 15.6. The van der Waals surface area contributed by atoms with Crippen molar-refractivity contribution < 1.29 is 27.4 Å². The van der Waals surface area contributed by atoms with Crippen LogP contribution in [-0.2, 0) is 0 Å². The van der Waals surface area contributed by atoms with E-state index in [-0.39, 0.29) is 15.6 Å². The first-order valence-electron chi connectivity index (χ1n) is 5.76. The van der Waals surface area contributed by atoms with Crippen LogP contribution in [0.4, 0.5) is 17.6 Å². The van der Waals surface area contributed by atoms with E-state index >= 15 is 0 Å². The number of benzene rings is 2. The van der Waals surface area contributed by atoms with Crippen LogP contribution in [0.2, 0.25) is 0 Å². The van der Waals surface area contributed by atoms with E-state index in [2.05, 4.69) is 20.7 Å². The summed E-state index contributed by atoms with van der Waals surface area (Å²) in [7, 11) is 0. The van der Waals surface area contributed by atoms with E-state index in [4.69, 9.17) is 0 Å². The lowest BCUT2D eigenvalue weighted by Gasteiger charge is -2.18. The van der Waals surface area contributed by atoms with Crippen molar-refractivity contribution in [1.82, 2.24) is 0 Å². The minimum atomic E-state index is -4.90. The lowest BCUT2D eigenvalue weighted by Crippen LogP contribution is -2.19. The van der Waals surface area contributed by atoms with Crippen molar-refractivity contribution >= 4 is 15.9 Å². The molecule has 2 rings (SSSR count). The fraction of sp³-hybridized carbons (Fsp3) is 0.143. The molecule has 0 aliphatic heterocycles. The summed E-state index contributed by atoms with van der Waals surface area (Å²) in [6, 6.07) is 9.05. The fourth-order valence-corrected chi connectivity index (χ4v) is 2.41. The van der Waals surface area contributed by atoms with Crippen LogP contribution in [-0.4, -0.2) is 11.5 Å². The van der Waals surface area contributed by atoms with Crippen molar-refractivity contribution in [2.24, 2.45) is 0 Å². The summed E-state index contributed by atoms with van der Waals surface area (Å²) in [6.45, 7) is 0. The third-order valence-electron chi connectivity index (χ3n) is 2.71. The topological polar surface area (TPSA) is 29.5 Å². The van der Waals surface area contributed by atoms with Crippen molar-refractivity contribution in [3.05, 3.63) is 63.9 Å². The van der Waals surface area contributed by atoms with Crippen LogP contribution >= 0.6 is 15.9 Å². The highest BCUT2D eigenvalue weighted by molar-refractivity contribution is 9.10. The number of hydrogen-bond acceptors (Lipinski definition) is 2. The monoisotopic (exact) mass is 364 g/mol. The summed E-state index contributed by atoms with van der Waals surface area (Å²) >= 11 is 3.07. The van der Waals surface area contributed by atoms with Crippen LogP contribution in [0.3, 0.4) is 0 Å². The highest BCUT2D eigenvalue weighted by atomic mass is 79.9. The van der Waals surface area contributed by atoms with Crippen LogP contribution in [0.15, 0.2) is 46.9 Å². The Labute approximate surface area is 126 Å². The van der Waals surface area contributed by atoms with Gasteiger partial charge in [0.25, 0.3) is 0 Å². The van der Waals surface area contributed by atoms with Gasteiger partial charge in [-0.1, -0.05) is 40.2 Å². The second kappa shape index (κ2) is 6.03. The Balaban J connectivity index is 2.47. The smallest absolute Gasteiger partial charge is 0.405 e. The van der Waals surface area contributed by atoms with Gasteiger partial charge in [-0.05, 0) is 18.2 Å². The molecule has 2 nitrogen and oxygen atoms in total. The first-order chi connectivity index (χ1) is 9.79. The summed E-state index contributed by atoms with van der Waals surface area (Å²) in [5, 5.41) is 10.2. The van der Waals surface area contributed by atoms with Crippen molar-refractivity contribution in [2.45, 2.75) is 12.5 Å². The average Bonchev–Trinajstić information content (AvgIpc) is 2.37. The van der Waals surface area contributed by atoms with Crippen molar-refractivity contribution in [3.63, 3.8) is 0 Å². The molecule has 0 aliphatic rings. The quantitative estimate of drug-likeness (QED) is 0.808. The van der Waals surface area contributed by atoms with Crippen LogP contribution in [0, 0.1) is 5.82 Å². The van der Waals surface area contributed by atoms with Crippen molar-refractivity contribution in [3.8, 4) is 5.75 Å². The van der Waals surface area contributed by atoms with E-state index in [1.165, 1.54) is 30.3 Å². The minimum absolute atomic E-state index is 0.157. The molecule has 1 unspecified atom stereocenters. The first kappa shape index (κ1) is 15.8. The maximum atomic E-state index is 13.8. The zero-order valence-electron chi connectivity index (χ0n) is 10.4. The van der Waals surface area contributed by atoms with Crippen LogP contribution in [0.5, 0.6) is 5.75 Å². The van der Waals surface area contributed by atoms with E-state index < -0.39 is 24.0 Å². The minimum Gasteiger partial charge on any atom is -0.405 e. The maximum Gasteiger partial charge on any atom is 0.573 e. The normalized spacial score (nSPS) is 13.0. The van der Waals surface area contributed by atoms with Gasteiger partial charge in [-0.25, -0.2) is 4.39 Å². The van der Waals surface area contributed by atoms with Gasteiger partial charge in [-0.3, -0.25) is 0 Å². The molecule has 0 aromatic heterocycles. The van der Waals surface area contributed by atoms with Gasteiger partial charge in [0.05, 0.1) is 0 Å². The summed E-state index contributed by atoms with van der Waals surface area (Å²) in [6.07, 6.45) is -6.50. The first-order valence-corrected chi connectivity index (χ1v) is 6.55. The Morgan fingerprint density at radius 2 is 1.71 bits per heavy atom. The number of hydrogen-bond donors (Lipinski definition) is 1. The number of halogens is 5. The molecule has 0 heterocycles. The summed E-state index contributed by atoms with van der Waals surface area (Å²) in [5.41, 5.74) is -0.337. The summed E-state index contributed by atoms with van der Waals surface area (Å²) < 4.78 is 55.0. The van der Waals surface area contributed by atoms with Crippen molar-refractivity contribution in [1.29, 1.82) is 0 Å². The van der Waals surface area contributed by atoms with Gasteiger partial charge in [-0.2, -0.15) is 0 Å². The molecule has 0 amide bonds. The number of rotatable bonds is 3. The number of aliphatic hydroxyl groups is 1. The molecule has 0 fully saturated rings. The van der Waals surface area contributed by atoms with Gasteiger partial charge in [0.2, 0.25) is 0 Å². The molecule has 2 aromatic carbocycles. The molecule has 21 heavy (non-hydrogen) atoms. The summed E-state index contributed by atoms with van der Waals surface area (Å²) in [4.78, 5) is 0. The van der Waals surface area contributed by atoms with E-state index in [9.17, 15) is 22.7 Å². The molecule has 7 heteroatoms. The zero-order valence-corrected chi connectivity index (χ0v) is 12.0. The molecule has 1 N–H and O–H groups in total. The van der Waals surface area contributed by atoms with Gasteiger partial charge in [0.15, 0.2) is 0 Å². The molecule has 0 spiro atoms. The molecular weight excluding hydrogens is 356 g/mol. The summed E-state index contributed by atoms with van der Waals surface area (Å²) in [5.74, 6) is -1.31. The van der Waals surface area contributed by atoms with E-state index in [0.717, 1.165) is 12.1 Å². The standard InChI is InChI=1S/C14H9BrF4O2/c15-9-5-3-6-10(16)12(9)13(20)8-4-1-2-7-11(8)21-14(17,18)19/h1-7,13,20H. The Hall–Kier alpha value is -1.60. The Bertz CT molecular complexity index is 623. The molecule has 0 saturated heterocycles. The largest absolute Gasteiger partial charge is 0.573 e. The van der Waals surface area contributed by atoms with Crippen LogP contribution in [0.25, 0.3) is 0 Å². The molecule has 2 aromatic rings. The van der Waals surface area contributed by atoms with Crippen LogP contribution < -0.4 is 4.74 Å². The van der Waals surface area contributed by atoms with Gasteiger partial charge in [0.1, 0.15) is 17.7 Å². The van der Waals surface area contributed by atoms with Gasteiger partial charge in [0, 0.05) is 15.6 Å². The molecule has 0 saturated carbocycles. The number of aliphatic hydroxyl groups excluding tert-OH is 1. The van der Waals surface area contributed by atoms with Gasteiger partial charge < -0.3 is 9.84 Å². The van der Waals surface area contributed by atoms with Gasteiger partial charge >= 0.3 is 6.36 Å². The molecule has 0 radical (unpaired) electrons. The van der Waals surface area contributed by atoms with Crippen LogP contribution in [0.1, 0.15) is 17.2 Å². The maximum absolute atomic E-state index is 13.8. The molecule has 1 atom stereocenters.